The zero-order chi connectivity index (χ0) is 14.9. The number of halogens is 3. The number of H-pyrrole nitrogens is 1. The number of carbonyl (C=O) groups excluding carboxylic acids is 1. The van der Waals surface area contributed by atoms with Crippen LogP contribution in [0, 0.1) is 6.92 Å². The first-order chi connectivity index (χ1) is 9.29. The molecule has 2 heterocycles. The normalized spacial score (nSPS) is 11.8. The van der Waals surface area contributed by atoms with Crippen molar-refractivity contribution in [2.24, 2.45) is 0 Å². The summed E-state index contributed by atoms with van der Waals surface area (Å²) >= 11 is 0. The maximum atomic E-state index is 11.9. The monoisotopic (exact) mass is 291 g/mol. The molecule has 2 N–H and O–H groups in total. The third-order valence-corrected chi connectivity index (χ3v) is 2.30. The maximum Gasteiger partial charge on any atom is 0.414 e. The number of furan rings is 1. The van der Waals surface area contributed by atoms with Gasteiger partial charge >= 0.3 is 6.18 Å². The van der Waals surface area contributed by atoms with Gasteiger partial charge in [0.05, 0.1) is 11.9 Å². The van der Waals surface area contributed by atoms with Crippen LogP contribution in [-0.2, 0) is 4.84 Å². The molecule has 20 heavy (non-hydrogen) atoms. The Hall–Kier alpha value is -2.36. The number of hydrogen-bond donors (Lipinski definition) is 2. The Balaban J connectivity index is 2.27. The number of aryl methyl sites for hydroxylation is 1. The molecule has 10 heteroatoms. The van der Waals surface area contributed by atoms with Gasteiger partial charge in [-0.3, -0.25) is 14.4 Å². The van der Waals surface area contributed by atoms with Gasteiger partial charge in [0.25, 0.3) is 11.5 Å². The molecule has 108 valence electrons. The Morgan fingerprint density at radius 1 is 1.55 bits per heavy atom. The van der Waals surface area contributed by atoms with Crippen molar-refractivity contribution in [2.75, 3.05) is 6.61 Å². The fourth-order valence-corrected chi connectivity index (χ4v) is 1.56. The Kier molecular flexibility index (Phi) is 3.49. The van der Waals surface area contributed by atoms with Crippen molar-refractivity contribution >= 4 is 17.0 Å². The van der Waals surface area contributed by atoms with Gasteiger partial charge in [-0.1, -0.05) is 0 Å². The van der Waals surface area contributed by atoms with Gasteiger partial charge < -0.3 is 9.40 Å². The van der Waals surface area contributed by atoms with Crippen molar-refractivity contribution in [3.05, 3.63) is 28.0 Å². The average Bonchev–Trinajstić information content (AvgIpc) is 2.65. The predicted octanol–water partition coefficient (Wildman–Crippen LogP) is 1.05. The van der Waals surface area contributed by atoms with E-state index < -0.39 is 24.2 Å². The predicted molar refractivity (Wildman–Crippen MR) is 58.8 cm³/mol. The van der Waals surface area contributed by atoms with Crippen LogP contribution in [-0.4, -0.2) is 28.7 Å². The van der Waals surface area contributed by atoms with E-state index in [1.807, 2.05) is 0 Å². The Morgan fingerprint density at radius 3 is 2.90 bits per heavy atom. The lowest BCUT2D eigenvalue weighted by Gasteiger charge is -2.07. The molecule has 2 aromatic rings. The van der Waals surface area contributed by atoms with Crippen molar-refractivity contribution in [3.63, 3.8) is 0 Å². The summed E-state index contributed by atoms with van der Waals surface area (Å²) in [6, 6.07) is 0. The van der Waals surface area contributed by atoms with E-state index in [4.69, 9.17) is 4.42 Å². The van der Waals surface area contributed by atoms with Crippen LogP contribution in [0.4, 0.5) is 13.2 Å². The summed E-state index contributed by atoms with van der Waals surface area (Å²) in [5, 5.41) is -0.155. The van der Waals surface area contributed by atoms with Gasteiger partial charge in [-0.25, -0.2) is 10.5 Å². The molecule has 1 amide bonds. The Bertz CT molecular complexity index is 704. The van der Waals surface area contributed by atoms with E-state index in [9.17, 15) is 22.8 Å². The fourth-order valence-electron chi connectivity index (χ4n) is 1.56. The van der Waals surface area contributed by atoms with Gasteiger partial charge in [0.2, 0.25) is 5.71 Å². The van der Waals surface area contributed by atoms with Gasteiger partial charge in [0, 0.05) is 0 Å². The molecule has 7 nitrogen and oxygen atoms in total. The summed E-state index contributed by atoms with van der Waals surface area (Å²) in [7, 11) is 0. The second kappa shape index (κ2) is 4.96. The topological polar surface area (TPSA) is 97.2 Å². The highest BCUT2D eigenvalue weighted by atomic mass is 19.4. The van der Waals surface area contributed by atoms with Crippen LogP contribution in [0.25, 0.3) is 11.1 Å². The van der Waals surface area contributed by atoms with Crippen molar-refractivity contribution in [1.29, 1.82) is 0 Å². The highest BCUT2D eigenvalue weighted by Gasteiger charge is 2.29. The van der Waals surface area contributed by atoms with Gasteiger partial charge in [-0.2, -0.15) is 13.2 Å². The number of hydroxylamine groups is 1. The number of aromatic amines is 1. The summed E-state index contributed by atoms with van der Waals surface area (Å²) in [5.41, 5.74) is 0.641. The molecule has 0 unspecified atom stereocenters. The first-order valence-electron chi connectivity index (χ1n) is 5.25. The third kappa shape index (κ3) is 2.79. The van der Waals surface area contributed by atoms with E-state index in [-0.39, 0.29) is 22.4 Å². The summed E-state index contributed by atoms with van der Waals surface area (Å²) in [4.78, 5) is 33.3. The zero-order valence-electron chi connectivity index (χ0n) is 10.00. The van der Waals surface area contributed by atoms with Gasteiger partial charge in [0.15, 0.2) is 6.61 Å². The van der Waals surface area contributed by atoms with Gasteiger partial charge in [-0.15, -0.1) is 0 Å². The summed E-state index contributed by atoms with van der Waals surface area (Å²) in [6.45, 7) is -0.276. The number of carbonyl (C=O) groups is 1. The third-order valence-electron chi connectivity index (χ3n) is 2.30. The zero-order valence-corrected chi connectivity index (χ0v) is 10.00. The van der Waals surface area contributed by atoms with Crippen LogP contribution in [0.2, 0.25) is 0 Å². The fraction of sp³-hybridized carbons (Fsp3) is 0.300. The Labute approximate surface area is 108 Å². The van der Waals surface area contributed by atoms with Crippen molar-refractivity contribution < 1.29 is 27.2 Å². The van der Waals surface area contributed by atoms with Crippen LogP contribution in [0.1, 0.15) is 16.1 Å². The number of nitrogens with one attached hydrogen (secondary N) is 2. The number of nitrogens with zero attached hydrogens (tertiary/aromatic N) is 1. The van der Waals surface area contributed by atoms with Gasteiger partial charge in [0.1, 0.15) is 11.1 Å². The molecule has 0 bridgehead atoms. The molecule has 0 aliphatic heterocycles. The Morgan fingerprint density at radius 2 is 2.25 bits per heavy atom. The molecule has 0 fully saturated rings. The summed E-state index contributed by atoms with van der Waals surface area (Å²) < 4.78 is 40.7. The molecule has 0 saturated heterocycles. The number of fused-ring (bicyclic) bond motifs is 1. The van der Waals surface area contributed by atoms with E-state index in [0.717, 1.165) is 6.33 Å². The smallest absolute Gasteiger partial charge is 0.414 e. The summed E-state index contributed by atoms with van der Waals surface area (Å²) in [5.74, 6) is -0.985. The molecule has 2 rings (SSSR count). The number of alkyl halides is 3. The number of aromatic nitrogens is 2. The van der Waals surface area contributed by atoms with Crippen molar-refractivity contribution in [1.82, 2.24) is 15.4 Å². The first kappa shape index (κ1) is 14.1. The highest BCUT2D eigenvalue weighted by Crippen LogP contribution is 2.20. The van der Waals surface area contributed by atoms with E-state index in [0.29, 0.717) is 0 Å². The lowest BCUT2D eigenvalue weighted by molar-refractivity contribution is -0.184. The second-order valence-corrected chi connectivity index (χ2v) is 3.78. The van der Waals surface area contributed by atoms with Crippen LogP contribution in [0.15, 0.2) is 15.5 Å². The molecule has 0 radical (unpaired) electrons. The standard InChI is InChI=1S/C10H8F3N3O4/c1-4-5(8(18)16-19-2-10(11,12)13)6-7(17)14-3-15-9(6)20-4/h3H,2H2,1H3,(H,16,18)(H,14,15,17). The first-order valence-corrected chi connectivity index (χ1v) is 5.25. The van der Waals surface area contributed by atoms with Crippen LogP contribution in [0.3, 0.4) is 0 Å². The molecule has 0 saturated carbocycles. The average molecular weight is 291 g/mol. The largest absolute Gasteiger partial charge is 0.442 e. The molecule has 0 aliphatic rings. The quantitative estimate of drug-likeness (QED) is 0.824. The minimum atomic E-state index is -4.58. The van der Waals surface area contributed by atoms with E-state index in [1.165, 1.54) is 6.92 Å². The SMILES string of the molecule is Cc1oc2nc[nH]c(=O)c2c1C(=O)NOCC(F)(F)F. The molecule has 2 aromatic heterocycles. The molecule has 0 aliphatic carbocycles. The minimum absolute atomic E-state index is 0.0392. The van der Waals surface area contributed by atoms with Gasteiger partial charge in [-0.05, 0) is 6.92 Å². The lowest BCUT2D eigenvalue weighted by atomic mass is 10.2. The molecular weight excluding hydrogens is 283 g/mol. The number of hydrogen-bond acceptors (Lipinski definition) is 5. The van der Waals surface area contributed by atoms with Crippen molar-refractivity contribution in [2.45, 2.75) is 13.1 Å². The summed E-state index contributed by atoms with van der Waals surface area (Å²) in [6.07, 6.45) is -3.50. The number of rotatable bonds is 3. The van der Waals surface area contributed by atoms with E-state index in [1.54, 1.807) is 5.48 Å². The minimum Gasteiger partial charge on any atom is -0.442 e. The van der Waals surface area contributed by atoms with Crippen molar-refractivity contribution in [3.8, 4) is 0 Å². The van der Waals surface area contributed by atoms with E-state index in [2.05, 4.69) is 14.8 Å². The van der Waals surface area contributed by atoms with Crippen LogP contribution >= 0.6 is 0 Å². The molecular formula is C10H8F3N3O4. The van der Waals surface area contributed by atoms with Crippen LogP contribution < -0.4 is 11.0 Å². The molecule has 0 aromatic carbocycles. The van der Waals surface area contributed by atoms with Crippen LogP contribution in [0.5, 0.6) is 0 Å². The maximum absolute atomic E-state index is 11.9. The van der Waals surface area contributed by atoms with E-state index >= 15 is 0 Å². The lowest BCUT2D eigenvalue weighted by Crippen LogP contribution is -2.30. The molecule has 0 atom stereocenters. The second-order valence-electron chi connectivity index (χ2n) is 3.78. The number of amides is 1. The highest BCUT2D eigenvalue weighted by molar-refractivity contribution is 6.05. The molecule has 0 spiro atoms.